The molecule has 0 bridgehead atoms. The second kappa shape index (κ2) is 5.10. The van der Waals surface area contributed by atoms with Gasteiger partial charge in [-0.2, -0.15) is 0 Å². The fourth-order valence-electron chi connectivity index (χ4n) is 1.98. The van der Waals surface area contributed by atoms with Crippen LogP contribution in [-0.2, 0) is 0 Å². The molecule has 106 valence electrons. The smallest absolute Gasteiger partial charge is 0.188 e. The first-order valence-corrected chi connectivity index (χ1v) is 6.49. The van der Waals surface area contributed by atoms with Crippen molar-refractivity contribution in [1.82, 2.24) is 4.98 Å². The highest BCUT2D eigenvalue weighted by atomic mass is 35.5. The van der Waals surface area contributed by atoms with E-state index in [2.05, 4.69) is 4.98 Å². The standard InChI is InChI=1S/C15H11ClFN3O/c16-13-10(18)7-11(19)15(14(13)17)21-9-4-3-8-2-1-5-20-12(8)6-9/h1-7H,18-19H2. The lowest BCUT2D eigenvalue weighted by atomic mass is 10.2. The second-order valence-corrected chi connectivity index (χ2v) is 4.85. The lowest BCUT2D eigenvalue weighted by molar-refractivity contribution is 0.445. The summed E-state index contributed by atoms with van der Waals surface area (Å²) in [5, 5.41) is 0.742. The molecule has 0 unspecified atom stereocenters. The van der Waals surface area contributed by atoms with Gasteiger partial charge in [-0.3, -0.25) is 4.98 Å². The maximum Gasteiger partial charge on any atom is 0.188 e. The zero-order valence-corrected chi connectivity index (χ0v) is 11.6. The first-order valence-electron chi connectivity index (χ1n) is 6.12. The van der Waals surface area contributed by atoms with Gasteiger partial charge in [0.05, 0.1) is 16.9 Å². The maximum absolute atomic E-state index is 14.1. The predicted molar refractivity (Wildman–Crippen MR) is 82.1 cm³/mol. The van der Waals surface area contributed by atoms with Crippen molar-refractivity contribution in [2.75, 3.05) is 11.5 Å². The Morgan fingerprint density at radius 2 is 1.90 bits per heavy atom. The molecular weight excluding hydrogens is 293 g/mol. The number of anilines is 2. The maximum atomic E-state index is 14.1. The largest absolute Gasteiger partial charge is 0.452 e. The number of ether oxygens (including phenoxy) is 1. The summed E-state index contributed by atoms with van der Waals surface area (Å²) in [5.41, 5.74) is 12.2. The van der Waals surface area contributed by atoms with Crippen molar-refractivity contribution in [3.8, 4) is 11.5 Å². The molecule has 3 aromatic rings. The van der Waals surface area contributed by atoms with Crippen molar-refractivity contribution in [3.05, 3.63) is 53.4 Å². The third-order valence-electron chi connectivity index (χ3n) is 3.02. The average molecular weight is 304 g/mol. The van der Waals surface area contributed by atoms with Gasteiger partial charge in [0.1, 0.15) is 10.8 Å². The van der Waals surface area contributed by atoms with Crippen molar-refractivity contribution in [2.24, 2.45) is 0 Å². The fraction of sp³-hybridized carbons (Fsp3) is 0. The SMILES string of the molecule is Nc1cc(N)c(Oc2ccc3cccnc3c2)c(F)c1Cl. The molecule has 21 heavy (non-hydrogen) atoms. The summed E-state index contributed by atoms with van der Waals surface area (Å²) in [6.45, 7) is 0. The predicted octanol–water partition coefficient (Wildman–Crippen LogP) is 3.98. The Morgan fingerprint density at radius 3 is 2.71 bits per heavy atom. The van der Waals surface area contributed by atoms with E-state index in [9.17, 15) is 4.39 Å². The minimum absolute atomic E-state index is 0.0687. The molecule has 4 nitrogen and oxygen atoms in total. The van der Waals surface area contributed by atoms with Crippen LogP contribution in [-0.4, -0.2) is 4.98 Å². The van der Waals surface area contributed by atoms with E-state index in [0.717, 1.165) is 10.9 Å². The van der Waals surface area contributed by atoms with Gasteiger partial charge in [0.15, 0.2) is 11.6 Å². The number of pyridine rings is 1. The van der Waals surface area contributed by atoms with Crippen LogP contribution < -0.4 is 16.2 Å². The van der Waals surface area contributed by atoms with Crippen LogP contribution in [0.3, 0.4) is 0 Å². The van der Waals surface area contributed by atoms with Crippen molar-refractivity contribution in [1.29, 1.82) is 0 Å². The third kappa shape index (κ3) is 2.43. The van der Waals surface area contributed by atoms with Crippen LogP contribution in [0.2, 0.25) is 5.02 Å². The number of rotatable bonds is 2. The van der Waals surface area contributed by atoms with E-state index in [-0.39, 0.29) is 22.1 Å². The van der Waals surface area contributed by atoms with Gasteiger partial charge in [-0.15, -0.1) is 0 Å². The number of halogens is 2. The molecule has 0 aliphatic carbocycles. The molecule has 0 aliphatic heterocycles. The summed E-state index contributed by atoms with van der Waals surface area (Å²) in [4.78, 5) is 4.21. The second-order valence-electron chi connectivity index (χ2n) is 4.47. The van der Waals surface area contributed by atoms with Crippen molar-refractivity contribution < 1.29 is 9.13 Å². The molecule has 0 spiro atoms. The molecule has 0 aliphatic rings. The number of fused-ring (bicyclic) bond motifs is 1. The fourth-order valence-corrected chi connectivity index (χ4v) is 2.12. The third-order valence-corrected chi connectivity index (χ3v) is 3.40. The van der Waals surface area contributed by atoms with Crippen LogP contribution in [0.1, 0.15) is 0 Å². The minimum atomic E-state index is -0.782. The van der Waals surface area contributed by atoms with Crippen LogP contribution in [0.15, 0.2) is 42.6 Å². The summed E-state index contributed by atoms with van der Waals surface area (Å²) >= 11 is 5.77. The summed E-state index contributed by atoms with van der Waals surface area (Å²) in [7, 11) is 0. The molecule has 0 radical (unpaired) electrons. The van der Waals surface area contributed by atoms with Gasteiger partial charge in [-0.05, 0) is 24.3 Å². The molecule has 0 atom stereocenters. The normalized spacial score (nSPS) is 10.8. The Bertz CT molecular complexity index is 839. The minimum Gasteiger partial charge on any atom is -0.452 e. The van der Waals surface area contributed by atoms with Crippen LogP contribution in [0, 0.1) is 5.82 Å². The number of nitrogen functional groups attached to an aromatic ring is 2. The molecule has 3 rings (SSSR count). The number of nitrogens with two attached hydrogens (primary N) is 2. The van der Waals surface area contributed by atoms with Gasteiger partial charge < -0.3 is 16.2 Å². The Balaban J connectivity index is 2.04. The molecule has 2 aromatic carbocycles. The number of benzene rings is 2. The van der Waals surface area contributed by atoms with Crippen molar-refractivity contribution >= 4 is 33.9 Å². The molecular formula is C15H11ClFN3O. The van der Waals surface area contributed by atoms with Gasteiger partial charge in [0.25, 0.3) is 0 Å². The van der Waals surface area contributed by atoms with Gasteiger partial charge in [0.2, 0.25) is 0 Å². The molecule has 1 aromatic heterocycles. The Hall–Kier alpha value is -2.53. The number of nitrogens with zero attached hydrogens (tertiary/aromatic N) is 1. The lowest BCUT2D eigenvalue weighted by Crippen LogP contribution is -1.99. The average Bonchev–Trinajstić information content (AvgIpc) is 2.49. The van der Waals surface area contributed by atoms with E-state index in [0.29, 0.717) is 5.75 Å². The van der Waals surface area contributed by atoms with Gasteiger partial charge in [-0.25, -0.2) is 4.39 Å². The zero-order valence-electron chi connectivity index (χ0n) is 10.8. The van der Waals surface area contributed by atoms with Gasteiger partial charge >= 0.3 is 0 Å². The summed E-state index contributed by atoms with van der Waals surface area (Å²) in [5.74, 6) is -0.521. The topological polar surface area (TPSA) is 74.2 Å². The van der Waals surface area contributed by atoms with E-state index >= 15 is 0 Å². The van der Waals surface area contributed by atoms with Crippen LogP contribution in [0.5, 0.6) is 11.5 Å². The zero-order chi connectivity index (χ0) is 15.0. The summed E-state index contributed by atoms with van der Waals surface area (Å²) < 4.78 is 19.6. The van der Waals surface area contributed by atoms with E-state index in [4.69, 9.17) is 27.8 Å². The van der Waals surface area contributed by atoms with Crippen LogP contribution >= 0.6 is 11.6 Å². The van der Waals surface area contributed by atoms with Crippen LogP contribution in [0.4, 0.5) is 15.8 Å². The van der Waals surface area contributed by atoms with E-state index in [1.807, 2.05) is 18.2 Å². The van der Waals surface area contributed by atoms with Gasteiger partial charge in [-0.1, -0.05) is 17.7 Å². The molecule has 0 saturated heterocycles. The molecule has 0 saturated carbocycles. The highest BCUT2D eigenvalue weighted by molar-refractivity contribution is 6.33. The molecule has 4 N–H and O–H groups in total. The van der Waals surface area contributed by atoms with E-state index in [1.165, 1.54) is 6.07 Å². The molecule has 0 fully saturated rings. The summed E-state index contributed by atoms with van der Waals surface area (Å²) in [6.07, 6.45) is 1.67. The molecule has 6 heteroatoms. The lowest BCUT2D eigenvalue weighted by Gasteiger charge is -2.12. The number of hydrogen-bond donors (Lipinski definition) is 2. The molecule has 0 amide bonds. The highest BCUT2D eigenvalue weighted by Gasteiger charge is 2.16. The Morgan fingerprint density at radius 1 is 1.10 bits per heavy atom. The van der Waals surface area contributed by atoms with E-state index in [1.54, 1.807) is 18.3 Å². The first kappa shape index (κ1) is 13.5. The number of aromatic nitrogens is 1. The monoisotopic (exact) mass is 303 g/mol. The van der Waals surface area contributed by atoms with Crippen LogP contribution in [0.25, 0.3) is 10.9 Å². The first-order chi connectivity index (χ1) is 10.1. The highest BCUT2D eigenvalue weighted by Crippen LogP contribution is 2.38. The molecule has 1 heterocycles. The van der Waals surface area contributed by atoms with Crippen molar-refractivity contribution in [2.45, 2.75) is 0 Å². The van der Waals surface area contributed by atoms with Gasteiger partial charge in [0, 0.05) is 17.6 Å². The van der Waals surface area contributed by atoms with E-state index < -0.39 is 5.82 Å². The summed E-state index contributed by atoms with van der Waals surface area (Å²) in [6, 6.07) is 10.3. The Kier molecular flexibility index (Phi) is 3.27. The quantitative estimate of drug-likeness (QED) is 0.702. The Labute approximate surface area is 125 Å². The number of hydrogen-bond acceptors (Lipinski definition) is 4. The van der Waals surface area contributed by atoms with Crippen molar-refractivity contribution in [3.63, 3.8) is 0 Å².